The molecule has 0 aromatic heterocycles. The van der Waals surface area contributed by atoms with Crippen LogP contribution in [0.4, 0.5) is 21.9 Å². The number of urea groups is 1. The van der Waals surface area contributed by atoms with Crippen LogP contribution in [0.2, 0.25) is 5.02 Å². The van der Waals surface area contributed by atoms with Crippen LogP contribution in [0.3, 0.4) is 0 Å². The van der Waals surface area contributed by atoms with Crippen LogP contribution in [0.5, 0.6) is 0 Å². The highest BCUT2D eigenvalue weighted by Gasteiger charge is 2.24. The fourth-order valence-electron chi connectivity index (χ4n) is 5.33. The Labute approximate surface area is 229 Å². The number of hydrogen-bond acceptors (Lipinski definition) is 4. The minimum absolute atomic E-state index is 0.0206. The maximum absolute atomic E-state index is 13.3. The van der Waals surface area contributed by atoms with E-state index in [1.165, 1.54) is 11.1 Å². The van der Waals surface area contributed by atoms with Gasteiger partial charge < -0.3 is 25.8 Å². The van der Waals surface area contributed by atoms with Gasteiger partial charge in [0, 0.05) is 55.0 Å². The maximum atomic E-state index is 13.3. The highest BCUT2D eigenvalue weighted by Crippen LogP contribution is 2.32. The van der Waals surface area contributed by atoms with Gasteiger partial charge in [0.15, 0.2) is 0 Å². The highest BCUT2D eigenvalue weighted by atomic mass is 35.5. The molecule has 0 bridgehead atoms. The largest absolute Gasteiger partial charge is 0.368 e. The summed E-state index contributed by atoms with van der Waals surface area (Å²) in [4.78, 5) is 29.9. The number of rotatable bonds is 6. The number of halogens is 1. The number of hydrogen-bond donors (Lipinski definition) is 3. The standard InChI is InChI=1S/C30H34ClN5O2/c1-2-32-30(38)36-14-6-13-35(15-16-36)28-12-11-23(19-27(28)33-25-10-5-9-24(31)20-25)29(37)34-26-17-21-7-3-4-8-22(21)18-26/h3-5,7-12,19-20,26,33H,2,6,13-18H2,1H3,(H,32,38)(H,34,37). The fourth-order valence-corrected chi connectivity index (χ4v) is 5.52. The summed E-state index contributed by atoms with van der Waals surface area (Å²) in [6, 6.07) is 21.8. The van der Waals surface area contributed by atoms with Crippen molar-refractivity contribution in [1.29, 1.82) is 0 Å². The van der Waals surface area contributed by atoms with Gasteiger partial charge in [0.05, 0.1) is 11.4 Å². The second-order valence-corrected chi connectivity index (χ2v) is 10.3. The van der Waals surface area contributed by atoms with Crippen molar-refractivity contribution < 1.29 is 9.59 Å². The van der Waals surface area contributed by atoms with Crippen molar-refractivity contribution in [3.8, 4) is 0 Å². The molecule has 0 saturated carbocycles. The lowest BCUT2D eigenvalue weighted by Gasteiger charge is -2.27. The van der Waals surface area contributed by atoms with Gasteiger partial charge in [-0.1, -0.05) is 41.9 Å². The average molecular weight is 532 g/mol. The van der Waals surface area contributed by atoms with E-state index in [-0.39, 0.29) is 18.0 Å². The summed E-state index contributed by atoms with van der Waals surface area (Å²) in [7, 11) is 0. The molecule has 2 aliphatic rings. The monoisotopic (exact) mass is 531 g/mol. The number of carbonyl (C=O) groups excluding carboxylic acids is 2. The van der Waals surface area contributed by atoms with E-state index < -0.39 is 0 Å². The van der Waals surface area contributed by atoms with Crippen LogP contribution >= 0.6 is 11.6 Å². The molecule has 1 fully saturated rings. The van der Waals surface area contributed by atoms with Gasteiger partial charge in [-0.25, -0.2) is 4.79 Å². The zero-order valence-electron chi connectivity index (χ0n) is 21.7. The first kappa shape index (κ1) is 25.9. The lowest BCUT2D eigenvalue weighted by molar-refractivity contribution is 0.0938. The second-order valence-electron chi connectivity index (χ2n) is 9.88. The van der Waals surface area contributed by atoms with E-state index >= 15 is 0 Å². The van der Waals surface area contributed by atoms with E-state index in [0.29, 0.717) is 36.8 Å². The third-order valence-corrected chi connectivity index (χ3v) is 7.44. The molecule has 7 nitrogen and oxygen atoms in total. The van der Waals surface area contributed by atoms with Gasteiger partial charge in [-0.15, -0.1) is 0 Å². The Morgan fingerprint density at radius 3 is 2.45 bits per heavy atom. The van der Waals surface area contributed by atoms with E-state index in [9.17, 15) is 9.59 Å². The van der Waals surface area contributed by atoms with Gasteiger partial charge in [-0.3, -0.25) is 4.79 Å². The van der Waals surface area contributed by atoms with Crippen molar-refractivity contribution in [3.63, 3.8) is 0 Å². The molecule has 0 atom stereocenters. The Balaban J connectivity index is 1.36. The van der Waals surface area contributed by atoms with Gasteiger partial charge in [0.1, 0.15) is 0 Å². The third kappa shape index (κ3) is 6.05. The van der Waals surface area contributed by atoms with Crippen molar-refractivity contribution in [1.82, 2.24) is 15.5 Å². The average Bonchev–Trinajstić information content (AvgIpc) is 3.15. The molecule has 1 aliphatic carbocycles. The van der Waals surface area contributed by atoms with Crippen LogP contribution in [-0.4, -0.2) is 55.6 Å². The van der Waals surface area contributed by atoms with Crippen LogP contribution < -0.4 is 20.9 Å². The molecule has 0 spiro atoms. The molecule has 3 aromatic carbocycles. The molecule has 1 heterocycles. The summed E-state index contributed by atoms with van der Waals surface area (Å²) in [5.74, 6) is -0.0817. The minimum Gasteiger partial charge on any atom is -0.368 e. The molecule has 8 heteroatoms. The molecule has 1 saturated heterocycles. The molecule has 3 N–H and O–H groups in total. The highest BCUT2D eigenvalue weighted by molar-refractivity contribution is 6.30. The van der Waals surface area contributed by atoms with E-state index in [4.69, 9.17) is 11.6 Å². The normalized spacial score (nSPS) is 15.5. The Bertz CT molecular complexity index is 1290. The smallest absolute Gasteiger partial charge is 0.317 e. The molecular weight excluding hydrogens is 498 g/mol. The number of anilines is 3. The summed E-state index contributed by atoms with van der Waals surface area (Å²) in [5, 5.41) is 10.3. The maximum Gasteiger partial charge on any atom is 0.317 e. The summed E-state index contributed by atoms with van der Waals surface area (Å²) in [5.41, 5.74) is 5.89. The Morgan fingerprint density at radius 2 is 1.71 bits per heavy atom. The third-order valence-electron chi connectivity index (χ3n) is 7.20. The lowest BCUT2D eigenvalue weighted by Crippen LogP contribution is -2.42. The molecule has 38 heavy (non-hydrogen) atoms. The first-order valence-electron chi connectivity index (χ1n) is 13.3. The molecule has 198 valence electrons. The molecular formula is C30H34ClN5O2. The SMILES string of the molecule is CCNC(=O)N1CCCN(c2ccc(C(=O)NC3Cc4ccccc4C3)cc2Nc2cccc(Cl)c2)CC1. The number of benzene rings is 3. The van der Waals surface area contributed by atoms with Crippen LogP contribution in [0.15, 0.2) is 66.7 Å². The van der Waals surface area contributed by atoms with E-state index in [2.05, 4.69) is 33.0 Å². The van der Waals surface area contributed by atoms with Gasteiger partial charge in [-0.05, 0) is 73.7 Å². The van der Waals surface area contributed by atoms with Gasteiger partial charge in [0.25, 0.3) is 5.91 Å². The van der Waals surface area contributed by atoms with Crippen LogP contribution in [0, 0.1) is 0 Å². The van der Waals surface area contributed by atoms with Crippen molar-refractivity contribution in [2.24, 2.45) is 0 Å². The molecule has 3 aromatic rings. The summed E-state index contributed by atoms with van der Waals surface area (Å²) in [6.45, 7) is 5.40. The van der Waals surface area contributed by atoms with Crippen LogP contribution in [0.1, 0.15) is 34.8 Å². The Morgan fingerprint density at radius 1 is 0.921 bits per heavy atom. The molecule has 0 unspecified atom stereocenters. The Kier molecular flexibility index (Phi) is 8.03. The number of fused-ring (bicyclic) bond motifs is 1. The van der Waals surface area contributed by atoms with Gasteiger partial charge in [-0.2, -0.15) is 0 Å². The molecule has 1 aliphatic heterocycles. The van der Waals surface area contributed by atoms with E-state index in [1.807, 2.05) is 66.4 Å². The Hall–Kier alpha value is -3.71. The molecule has 5 rings (SSSR count). The topological polar surface area (TPSA) is 76.7 Å². The second kappa shape index (κ2) is 11.8. The fraction of sp³-hybridized carbons (Fsp3) is 0.333. The minimum atomic E-state index is -0.0817. The summed E-state index contributed by atoms with van der Waals surface area (Å²) < 4.78 is 0. The number of nitrogens with one attached hydrogen (secondary N) is 3. The lowest BCUT2D eigenvalue weighted by atomic mass is 10.1. The zero-order chi connectivity index (χ0) is 26.5. The van der Waals surface area contributed by atoms with Crippen molar-refractivity contribution >= 4 is 40.6 Å². The summed E-state index contributed by atoms with van der Waals surface area (Å²) in [6.07, 6.45) is 2.56. The predicted molar refractivity (Wildman–Crippen MR) is 154 cm³/mol. The quantitative estimate of drug-likeness (QED) is 0.407. The van der Waals surface area contributed by atoms with Crippen LogP contribution in [0.25, 0.3) is 0 Å². The molecule has 3 amide bonds. The van der Waals surface area contributed by atoms with Gasteiger partial charge in [0.2, 0.25) is 0 Å². The van der Waals surface area contributed by atoms with Crippen molar-refractivity contribution in [2.75, 3.05) is 42.9 Å². The number of amides is 3. The van der Waals surface area contributed by atoms with Gasteiger partial charge >= 0.3 is 6.03 Å². The summed E-state index contributed by atoms with van der Waals surface area (Å²) >= 11 is 6.25. The first-order valence-corrected chi connectivity index (χ1v) is 13.7. The first-order chi connectivity index (χ1) is 18.5. The molecule has 0 radical (unpaired) electrons. The van der Waals surface area contributed by atoms with E-state index in [1.54, 1.807) is 0 Å². The van der Waals surface area contributed by atoms with Crippen LogP contribution in [-0.2, 0) is 12.8 Å². The van der Waals surface area contributed by atoms with Crippen molar-refractivity contribution in [3.05, 3.63) is 88.4 Å². The zero-order valence-corrected chi connectivity index (χ0v) is 22.4. The number of nitrogens with zero attached hydrogens (tertiary/aromatic N) is 2. The predicted octanol–water partition coefficient (Wildman–Crippen LogP) is 5.22. The van der Waals surface area contributed by atoms with E-state index in [0.717, 1.165) is 42.9 Å². The van der Waals surface area contributed by atoms with Crippen molar-refractivity contribution in [2.45, 2.75) is 32.2 Å². The number of carbonyl (C=O) groups is 2.